The van der Waals surface area contributed by atoms with E-state index in [1.165, 1.54) is 0 Å². The fourth-order valence-electron chi connectivity index (χ4n) is 2.33. The van der Waals surface area contributed by atoms with E-state index in [1.807, 2.05) is 6.92 Å². The Kier molecular flexibility index (Phi) is 4.04. The van der Waals surface area contributed by atoms with Gasteiger partial charge in [0.1, 0.15) is 0 Å². The molecule has 0 heterocycles. The molecule has 1 aromatic rings. The molecule has 0 saturated heterocycles. The first-order valence-electron chi connectivity index (χ1n) is 6.29. The number of benzene rings is 1. The highest BCUT2D eigenvalue weighted by molar-refractivity contribution is 7.89. The lowest BCUT2D eigenvalue weighted by Crippen LogP contribution is -2.29. The van der Waals surface area contributed by atoms with Crippen molar-refractivity contribution in [2.45, 2.75) is 37.1 Å². The summed E-state index contributed by atoms with van der Waals surface area (Å²) in [7, 11) is -3.37. The van der Waals surface area contributed by atoms with Gasteiger partial charge in [-0.05, 0) is 44.2 Å². The van der Waals surface area contributed by atoms with Crippen LogP contribution < -0.4 is 10.5 Å². The first kappa shape index (κ1) is 13.5. The van der Waals surface area contributed by atoms with Gasteiger partial charge >= 0.3 is 0 Å². The molecule has 1 aromatic carbocycles. The topological polar surface area (TPSA) is 72.2 Å². The van der Waals surface area contributed by atoms with Gasteiger partial charge in [0, 0.05) is 12.6 Å². The molecule has 0 amide bonds. The molecule has 2 atom stereocenters. The zero-order valence-electron chi connectivity index (χ0n) is 10.6. The highest BCUT2D eigenvalue weighted by atomic mass is 32.2. The number of hydrogen-bond acceptors (Lipinski definition) is 3. The summed E-state index contributed by atoms with van der Waals surface area (Å²) in [5, 5.41) is 0. The summed E-state index contributed by atoms with van der Waals surface area (Å²) >= 11 is 0. The summed E-state index contributed by atoms with van der Waals surface area (Å²) in [5.41, 5.74) is 6.87. The number of nitrogens with one attached hydrogen (secondary N) is 1. The molecule has 1 aliphatic rings. The largest absolute Gasteiger partial charge is 0.328 e. The summed E-state index contributed by atoms with van der Waals surface area (Å²) in [5.74, 6) is 0.375. The highest BCUT2D eigenvalue weighted by Crippen LogP contribution is 2.23. The van der Waals surface area contributed by atoms with Gasteiger partial charge in [-0.3, -0.25) is 0 Å². The highest BCUT2D eigenvalue weighted by Gasteiger charge is 2.23. The Morgan fingerprint density at radius 1 is 1.28 bits per heavy atom. The van der Waals surface area contributed by atoms with Crippen LogP contribution in [0, 0.1) is 12.8 Å². The van der Waals surface area contributed by atoms with Crippen LogP contribution in [0.1, 0.15) is 24.8 Å². The van der Waals surface area contributed by atoms with Gasteiger partial charge in [-0.1, -0.05) is 17.7 Å². The second-order valence-corrected chi connectivity index (χ2v) is 6.87. The van der Waals surface area contributed by atoms with Crippen molar-refractivity contribution in [2.75, 3.05) is 6.54 Å². The molecule has 1 saturated carbocycles. The normalized spacial score (nSPS) is 24.3. The Balaban J connectivity index is 1.97. The zero-order chi connectivity index (χ0) is 13.2. The molecule has 2 rings (SSSR count). The van der Waals surface area contributed by atoms with Crippen molar-refractivity contribution in [2.24, 2.45) is 11.7 Å². The third kappa shape index (κ3) is 3.31. The summed E-state index contributed by atoms with van der Waals surface area (Å²) < 4.78 is 26.8. The van der Waals surface area contributed by atoms with Crippen LogP contribution in [-0.2, 0) is 10.0 Å². The minimum absolute atomic E-state index is 0.235. The van der Waals surface area contributed by atoms with E-state index >= 15 is 0 Å². The minimum atomic E-state index is -3.37. The van der Waals surface area contributed by atoms with Crippen molar-refractivity contribution in [1.29, 1.82) is 0 Å². The zero-order valence-corrected chi connectivity index (χ0v) is 11.4. The summed E-state index contributed by atoms with van der Waals surface area (Å²) in [4.78, 5) is 0.329. The lowest BCUT2D eigenvalue weighted by atomic mass is 10.1. The van der Waals surface area contributed by atoms with E-state index in [2.05, 4.69) is 4.72 Å². The van der Waals surface area contributed by atoms with E-state index in [-0.39, 0.29) is 6.04 Å². The van der Waals surface area contributed by atoms with Crippen molar-refractivity contribution in [1.82, 2.24) is 4.72 Å². The van der Waals surface area contributed by atoms with Crippen LogP contribution in [0.25, 0.3) is 0 Å². The first-order chi connectivity index (χ1) is 8.47. The summed E-state index contributed by atoms with van der Waals surface area (Å²) in [6, 6.07) is 7.12. The lowest BCUT2D eigenvalue weighted by molar-refractivity contribution is 0.512. The van der Waals surface area contributed by atoms with Gasteiger partial charge in [-0.25, -0.2) is 13.1 Å². The molecule has 1 fully saturated rings. The van der Waals surface area contributed by atoms with E-state index in [1.54, 1.807) is 24.3 Å². The van der Waals surface area contributed by atoms with Gasteiger partial charge in [-0.15, -0.1) is 0 Å². The van der Waals surface area contributed by atoms with Crippen LogP contribution in [0.3, 0.4) is 0 Å². The van der Waals surface area contributed by atoms with Gasteiger partial charge in [0.05, 0.1) is 4.90 Å². The van der Waals surface area contributed by atoms with Crippen molar-refractivity contribution in [3.63, 3.8) is 0 Å². The van der Waals surface area contributed by atoms with Crippen LogP contribution >= 0.6 is 0 Å². The number of rotatable bonds is 4. The van der Waals surface area contributed by atoms with Gasteiger partial charge < -0.3 is 5.73 Å². The van der Waals surface area contributed by atoms with Gasteiger partial charge in [0.25, 0.3) is 0 Å². The number of nitrogens with two attached hydrogens (primary N) is 1. The van der Waals surface area contributed by atoms with Gasteiger partial charge in [0.2, 0.25) is 10.0 Å². The smallest absolute Gasteiger partial charge is 0.240 e. The quantitative estimate of drug-likeness (QED) is 0.867. The standard InChI is InChI=1S/C13H20N2O2S/c1-10-2-6-13(7-3-10)18(16,17)15-9-11-4-5-12(14)8-11/h2-3,6-7,11-12,15H,4-5,8-9,14H2,1H3. The maximum atomic E-state index is 12.0. The third-order valence-electron chi connectivity index (χ3n) is 3.48. The van der Waals surface area contributed by atoms with Crippen LogP contribution in [0.5, 0.6) is 0 Å². The molecule has 3 N–H and O–H groups in total. The second kappa shape index (κ2) is 5.38. The Hall–Kier alpha value is -0.910. The summed E-state index contributed by atoms with van der Waals surface area (Å²) in [6.45, 7) is 2.42. The van der Waals surface area contributed by atoms with Crippen molar-refractivity contribution >= 4 is 10.0 Å². The Labute approximate surface area is 109 Å². The molecule has 4 nitrogen and oxygen atoms in total. The monoisotopic (exact) mass is 268 g/mol. The average molecular weight is 268 g/mol. The van der Waals surface area contributed by atoms with E-state index in [4.69, 9.17) is 5.73 Å². The minimum Gasteiger partial charge on any atom is -0.328 e. The molecule has 0 aromatic heterocycles. The predicted molar refractivity (Wildman–Crippen MR) is 71.7 cm³/mol. The fourth-order valence-corrected chi connectivity index (χ4v) is 3.44. The molecular weight excluding hydrogens is 248 g/mol. The Bertz CT molecular complexity index is 496. The molecule has 18 heavy (non-hydrogen) atoms. The van der Waals surface area contributed by atoms with Crippen LogP contribution in [-0.4, -0.2) is 21.0 Å². The van der Waals surface area contributed by atoms with E-state index in [0.29, 0.717) is 17.4 Å². The van der Waals surface area contributed by atoms with Gasteiger partial charge in [0.15, 0.2) is 0 Å². The average Bonchev–Trinajstić information content (AvgIpc) is 2.73. The van der Waals surface area contributed by atoms with Crippen LogP contribution in [0.15, 0.2) is 29.2 Å². The fraction of sp³-hybridized carbons (Fsp3) is 0.538. The predicted octanol–water partition coefficient (Wildman–Crippen LogP) is 1.40. The van der Waals surface area contributed by atoms with E-state index in [0.717, 1.165) is 24.8 Å². The molecule has 0 spiro atoms. The second-order valence-electron chi connectivity index (χ2n) is 5.10. The van der Waals surface area contributed by atoms with E-state index < -0.39 is 10.0 Å². The van der Waals surface area contributed by atoms with Crippen LogP contribution in [0.4, 0.5) is 0 Å². The lowest BCUT2D eigenvalue weighted by Gasteiger charge is -2.11. The molecule has 0 aliphatic heterocycles. The Morgan fingerprint density at radius 3 is 2.50 bits per heavy atom. The SMILES string of the molecule is Cc1ccc(S(=O)(=O)NCC2CCC(N)C2)cc1. The maximum absolute atomic E-state index is 12.0. The van der Waals surface area contributed by atoms with Gasteiger partial charge in [-0.2, -0.15) is 0 Å². The third-order valence-corrected chi connectivity index (χ3v) is 4.91. The molecule has 1 aliphatic carbocycles. The Morgan fingerprint density at radius 2 is 1.94 bits per heavy atom. The molecule has 5 heteroatoms. The van der Waals surface area contributed by atoms with Crippen molar-refractivity contribution in [3.8, 4) is 0 Å². The van der Waals surface area contributed by atoms with Crippen molar-refractivity contribution < 1.29 is 8.42 Å². The molecule has 0 radical (unpaired) electrons. The first-order valence-corrected chi connectivity index (χ1v) is 7.77. The molecule has 2 unspecified atom stereocenters. The van der Waals surface area contributed by atoms with Crippen LogP contribution in [0.2, 0.25) is 0 Å². The van der Waals surface area contributed by atoms with E-state index in [9.17, 15) is 8.42 Å². The molecular formula is C13H20N2O2S. The number of aryl methyl sites for hydroxylation is 1. The number of hydrogen-bond donors (Lipinski definition) is 2. The van der Waals surface area contributed by atoms with Crippen molar-refractivity contribution in [3.05, 3.63) is 29.8 Å². The summed E-state index contributed by atoms with van der Waals surface area (Å²) in [6.07, 6.45) is 2.92. The molecule has 100 valence electrons. The number of sulfonamides is 1. The maximum Gasteiger partial charge on any atom is 0.240 e. The molecule has 0 bridgehead atoms.